The molecule has 1 aliphatic heterocycles. The van der Waals surface area contributed by atoms with Gasteiger partial charge < -0.3 is 10.5 Å². The van der Waals surface area contributed by atoms with E-state index in [1.165, 1.54) is 38.5 Å². The molecule has 0 aromatic heterocycles. The Bertz CT molecular complexity index is 359. The first kappa shape index (κ1) is 14.5. The molecule has 5 rings (SSSR count). The van der Waals surface area contributed by atoms with Crippen LogP contribution >= 0.6 is 0 Å². The van der Waals surface area contributed by atoms with Crippen molar-refractivity contribution in [1.82, 2.24) is 4.90 Å². The fourth-order valence-corrected chi connectivity index (χ4v) is 6.44. The van der Waals surface area contributed by atoms with E-state index in [1.807, 2.05) is 0 Å². The highest BCUT2D eigenvalue weighted by Gasteiger charge is 2.54. The Balaban J connectivity index is 1.50. The molecule has 0 spiro atoms. The highest BCUT2D eigenvalue weighted by Crippen LogP contribution is 2.61. The van der Waals surface area contributed by atoms with Gasteiger partial charge in [0.05, 0.1) is 12.7 Å². The first-order chi connectivity index (χ1) is 10.1. The van der Waals surface area contributed by atoms with Crippen molar-refractivity contribution in [2.24, 2.45) is 28.9 Å². The van der Waals surface area contributed by atoms with Gasteiger partial charge in [-0.3, -0.25) is 4.90 Å². The lowest BCUT2D eigenvalue weighted by Crippen LogP contribution is -2.60. The lowest BCUT2D eigenvalue weighted by molar-refractivity contribution is -0.124. The summed E-state index contributed by atoms with van der Waals surface area (Å²) < 4.78 is 5.87. The molecule has 4 saturated carbocycles. The molecule has 3 nitrogen and oxygen atoms in total. The van der Waals surface area contributed by atoms with Gasteiger partial charge in [0.15, 0.2) is 0 Å². The average molecular weight is 292 g/mol. The Kier molecular flexibility index (Phi) is 3.59. The second-order valence-corrected chi connectivity index (χ2v) is 8.72. The van der Waals surface area contributed by atoms with E-state index in [9.17, 15) is 0 Å². The molecule has 5 fully saturated rings. The second kappa shape index (κ2) is 5.21. The first-order valence-electron chi connectivity index (χ1n) is 9.17. The van der Waals surface area contributed by atoms with Crippen molar-refractivity contribution >= 4 is 0 Å². The number of hydrogen-bond donors (Lipinski definition) is 1. The lowest BCUT2D eigenvalue weighted by Gasteiger charge is -2.61. The van der Waals surface area contributed by atoms with Crippen molar-refractivity contribution in [3.8, 4) is 0 Å². The van der Waals surface area contributed by atoms with Crippen LogP contribution in [0.5, 0.6) is 0 Å². The first-order valence-corrected chi connectivity index (χ1v) is 9.17. The van der Waals surface area contributed by atoms with E-state index in [4.69, 9.17) is 10.5 Å². The van der Waals surface area contributed by atoms with Gasteiger partial charge in [0.1, 0.15) is 0 Å². The predicted octanol–water partition coefficient (Wildman–Crippen LogP) is 2.64. The largest absolute Gasteiger partial charge is 0.374 e. The summed E-state index contributed by atoms with van der Waals surface area (Å²) in [6.07, 6.45) is 9.35. The number of ether oxygens (including phenoxy) is 1. The van der Waals surface area contributed by atoms with Gasteiger partial charge in [0.2, 0.25) is 0 Å². The number of rotatable bonds is 3. The quantitative estimate of drug-likeness (QED) is 0.869. The minimum atomic E-state index is 0.149. The van der Waals surface area contributed by atoms with Crippen LogP contribution in [-0.4, -0.2) is 42.8 Å². The van der Waals surface area contributed by atoms with Gasteiger partial charge in [-0.05, 0) is 75.5 Å². The summed E-state index contributed by atoms with van der Waals surface area (Å²) in [5.41, 5.74) is 6.70. The zero-order valence-corrected chi connectivity index (χ0v) is 13.8. The zero-order valence-electron chi connectivity index (χ0n) is 13.8. The standard InChI is InChI=1S/C18H32N2O/c1-12(19)17-11-20(3-4-21-17)13(2)18-8-14-5-15(9-18)7-16(6-14)10-18/h12-17H,3-11,19H2,1-2H3. The normalized spacial score (nSPS) is 49.3. The summed E-state index contributed by atoms with van der Waals surface area (Å²) in [7, 11) is 0. The van der Waals surface area contributed by atoms with Crippen LogP contribution in [0.15, 0.2) is 0 Å². The third-order valence-electron chi connectivity index (χ3n) is 7.23. The van der Waals surface area contributed by atoms with Crippen LogP contribution in [0.4, 0.5) is 0 Å². The SMILES string of the molecule is CC(N)C1CN(C(C)C23CC4CC(CC(C4)C2)C3)CCO1. The van der Waals surface area contributed by atoms with Crippen molar-refractivity contribution < 1.29 is 4.74 Å². The molecule has 2 N–H and O–H groups in total. The van der Waals surface area contributed by atoms with Crippen LogP contribution < -0.4 is 5.73 Å². The summed E-state index contributed by atoms with van der Waals surface area (Å²) in [6.45, 7) is 7.61. The van der Waals surface area contributed by atoms with Crippen LogP contribution in [0.25, 0.3) is 0 Å². The van der Waals surface area contributed by atoms with E-state index in [2.05, 4.69) is 18.7 Å². The zero-order chi connectivity index (χ0) is 14.6. The summed E-state index contributed by atoms with van der Waals surface area (Å²) in [4.78, 5) is 2.71. The highest BCUT2D eigenvalue weighted by atomic mass is 16.5. The summed E-state index contributed by atoms with van der Waals surface area (Å²) in [5, 5.41) is 0. The van der Waals surface area contributed by atoms with E-state index < -0.39 is 0 Å². The molecule has 5 aliphatic rings. The van der Waals surface area contributed by atoms with Gasteiger partial charge in [0, 0.05) is 25.2 Å². The molecular formula is C18H32N2O. The summed E-state index contributed by atoms with van der Waals surface area (Å²) in [5.74, 6) is 3.14. The Morgan fingerprint density at radius 1 is 1.05 bits per heavy atom. The van der Waals surface area contributed by atoms with Crippen LogP contribution in [0.1, 0.15) is 52.4 Å². The molecule has 1 heterocycles. The fourth-order valence-electron chi connectivity index (χ4n) is 6.44. The van der Waals surface area contributed by atoms with Gasteiger partial charge >= 0.3 is 0 Å². The Morgan fingerprint density at radius 3 is 2.14 bits per heavy atom. The molecule has 0 radical (unpaired) electrons. The third-order valence-corrected chi connectivity index (χ3v) is 7.23. The maximum absolute atomic E-state index is 6.08. The minimum absolute atomic E-state index is 0.149. The number of hydrogen-bond acceptors (Lipinski definition) is 3. The van der Waals surface area contributed by atoms with E-state index in [0.717, 1.165) is 43.5 Å². The molecule has 0 amide bonds. The van der Waals surface area contributed by atoms with Gasteiger partial charge in [-0.1, -0.05) is 0 Å². The van der Waals surface area contributed by atoms with Crippen LogP contribution in [0, 0.1) is 23.2 Å². The number of morpholine rings is 1. The Hall–Kier alpha value is -0.120. The average Bonchev–Trinajstić information content (AvgIpc) is 2.45. The predicted molar refractivity (Wildman–Crippen MR) is 85.0 cm³/mol. The third kappa shape index (κ3) is 2.46. The molecular weight excluding hydrogens is 260 g/mol. The van der Waals surface area contributed by atoms with Crippen LogP contribution in [-0.2, 0) is 4.74 Å². The smallest absolute Gasteiger partial charge is 0.0850 e. The van der Waals surface area contributed by atoms with E-state index in [1.54, 1.807) is 0 Å². The number of nitrogens with zero attached hydrogens (tertiary/aromatic N) is 1. The highest BCUT2D eigenvalue weighted by molar-refractivity contribution is 5.06. The molecule has 3 unspecified atom stereocenters. The number of nitrogens with two attached hydrogens (primary N) is 1. The van der Waals surface area contributed by atoms with Gasteiger partial charge in [-0.2, -0.15) is 0 Å². The van der Waals surface area contributed by atoms with Gasteiger partial charge in [0.25, 0.3) is 0 Å². The molecule has 3 heteroatoms. The Labute approximate surface area is 129 Å². The van der Waals surface area contributed by atoms with Gasteiger partial charge in [-0.25, -0.2) is 0 Å². The fraction of sp³-hybridized carbons (Fsp3) is 1.00. The molecule has 1 saturated heterocycles. The Morgan fingerprint density at radius 2 is 1.62 bits per heavy atom. The van der Waals surface area contributed by atoms with Gasteiger partial charge in [-0.15, -0.1) is 0 Å². The summed E-state index contributed by atoms with van der Waals surface area (Å²) >= 11 is 0. The lowest BCUT2D eigenvalue weighted by atomic mass is 9.47. The van der Waals surface area contributed by atoms with Crippen molar-refractivity contribution in [1.29, 1.82) is 0 Å². The van der Waals surface area contributed by atoms with Crippen LogP contribution in [0.3, 0.4) is 0 Å². The van der Waals surface area contributed by atoms with Crippen molar-refractivity contribution in [2.45, 2.75) is 70.6 Å². The molecule has 4 aliphatic carbocycles. The topological polar surface area (TPSA) is 38.5 Å². The molecule has 0 aromatic carbocycles. The monoisotopic (exact) mass is 292 g/mol. The second-order valence-electron chi connectivity index (χ2n) is 8.72. The van der Waals surface area contributed by atoms with E-state index in [-0.39, 0.29) is 12.1 Å². The van der Waals surface area contributed by atoms with Crippen molar-refractivity contribution in [3.63, 3.8) is 0 Å². The summed E-state index contributed by atoms with van der Waals surface area (Å²) in [6, 6.07) is 0.868. The van der Waals surface area contributed by atoms with E-state index in [0.29, 0.717) is 5.41 Å². The minimum Gasteiger partial charge on any atom is -0.374 e. The molecule has 0 aromatic rings. The van der Waals surface area contributed by atoms with E-state index >= 15 is 0 Å². The maximum atomic E-state index is 6.08. The molecule has 3 atom stereocenters. The molecule has 120 valence electrons. The van der Waals surface area contributed by atoms with Crippen molar-refractivity contribution in [2.75, 3.05) is 19.7 Å². The molecule has 21 heavy (non-hydrogen) atoms. The molecule has 4 bridgehead atoms. The van der Waals surface area contributed by atoms with Crippen molar-refractivity contribution in [3.05, 3.63) is 0 Å². The van der Waals surface area contributed by atoms with Crippen LogP contribution in [0.2, 0.25) is 0 Å². The maximum Gasteiger partial charge on any atom is 0.0850 e.